The number of nitrogens with zero attached hydrogens (tertiary/aromatic N) is 1. The number of amides is 1. The van der Waals surface area contributed by atoms with E-state index in [0.29, 0.717) is 10.6 Å². The molecule has 0 spiro atoms. The predicted octanol–water partition coefficient (Wildman–Crippen LogP) is 2.57. The van der Waals surface area contributed by atoms with Crippen LogP contribution in [0.25, 0.3) is 11.0 Å². The van der Waals surface area contributed by atoms with Crippen LogP contribution < -0.4 is 0 Å². The highest BCUT2D eigenvalue weighted by atomic mass is 32.2. The quantitative estimate of drug-likeness (QED) is 0.566. The van der Waals surface area contributed by atoms with Gasteiger partial charge in [-0.2, -0.15) is 0 Å². The van der Waals surface area contributed by atoms with Gasteiger partial charge >= 0.3 is 11.9 Å². The summed E-state index contributed by atoms with van der Waals surface area (Å²) in [6, 6.07) is 8.87. The van der Waals surface area contributed by atoms with Gasteiger partial charge in [0.25, 0.3) is 0 Å². The highest BCUT2D eigenvalue weighted by molar-refractivity contribution is 8.04. The molecule has 1 aromatic carbocycles. The van der Waals surface area contributed by atoms with E-state index in [1.165, 1.54) is 22.7 Å². The Hall–Kier alpha value is -2.74. The molecule has 0 unspecified atom stereocenters. The number of thioether (sulfide) groups is 1. The summed E-state index contributed by atoms with van der Waals surface area (Å²) in [6.07, 6.45) is 1.28. The summed E-state index contributed by atoms with van der Waals surface area (Å²) in [4.78, 5) is 37.0. The number of hydrogen-bond donors (Lipinski definition) is 0. The molecule has 1 saturated heterocycles. The molecule has 7 nitrogen and oxygen atoms in total. The average Bonchev–Trinajstić information content (AvgIpc) is 3.20. The van der Waals surface area contributed by atoms with E-state index in [2.05, 4.69) is 0 Å². The molecule has 0 atom stereocenters. The van der Waals surface area contributed by atoms with Crippen LogP contribution in [-0.2, 0) is 19.1 Å². The lowest BCUT2D eigenvalue weighted by Crippen LogP contribution is -2.29. The van der Waals surface area contributed by atoms with Crippen molar-refractivity contribution in [3.05, 3.63) is 47.2 Å². The third-order valence-electron chi connectivity index (χ3n) is 3.61. The molecular formula is C18H17NO6S. The van der Waals surface area contributed by atoms with Crippen molar-refractivity contribution in [1.82, 2.24) is 4.90 Å². The Morgan fingerprint density at radius 2 is 2.12 bits per heavy atom. The number of carbonyl (C=O) groups is 3. The van der Waals surface area contributed by atoms with E-state index < -0.39 is 11.9 Å². The molecule has 1 fully saturated rings. The van der Waals surface area contributed by atoms with Gasteiger partial charge in [-0.05, 0) is 19.1 Å². The predicted molar refractivity (Wildman–Crippen MR) is 95.4 cm³/mol. The van der Waals surface area contributed by atoms with Gasteiger partial charge in [0.1, 0.15) is 12.2 Å². The first-order valence-corrected chi connectivity index (χ1v) is 9.04. The number of rotatable bonds is 6. The van der Waals surface area contributed by atoms with E-state index in [-0.39, 0.29) is 37.2 Å². The van der Waals surface area contributed by atoms with Crippen LogP contribution >= 0.6 is 11.8 Å². The molecule has 136 valence electrons. The third kappa shape index (κ3) is 4.08. The van der Waals surface area contributed by atoms with Crippen molar-refractivity contribution in [2.45, 2.75) is 6.92 Å². The topological polar surface area (TPSA) is 86.0 Å². The SMILES string of the molecule is CCOC(=O)/C=C1\SCC(=O)N1CCOC(=O)c1cc2ccccc2o1. The van der Waals surface area contributed by atoms with Gasteiger partial charge in [-0.3, -0.25) is 4.79 Å². The van der Waals surface area contributed by atoms with Crippen LogP contribution in [0.3, 0.4) is 0 Å². The van der Waals surface area contributed by atoms with Crippen molar-refractivity contribution in [3.63, 3.8) is 0 Å². The zero-order valence-electron chi connectivity index (χ0n) is 14.1. The second-order valence-electron chi connectivity index (χ2n) is 5.35. The number of para-hydroxylation sites is 1. The Bertz CT molecular complexity index is 838. The normalized spacial score (nSPS) is 15.7. The molecule has 1 aromatic heterocycles. The molecule has 0 bridgehead atoms. The molecule has 1 aliphatic rings. The lowest BCUT2D eigenvalue weighted by atomic mass is 10.2. The molecule has 26 heavy (non-hydrogen) atoms. The lowest BCUT2D eigenvalue weighted by molar-refractivity contribution is -0.137. The van der Waals surface area contributed by atoms with E-state index >= 15 is 0 Å². The standard InChI is InChI=1S/C18H17NO6S/c1-2-23-17(21)10-16-19(15(20)11-26-16)7-8-24-18(22)14-9-12-5-3-4-6-13(12)25-14/h3-6,9-10H,2,7-8,11H2,1H3/b16-10-. The van der Waals surface area contributed by atoms with Crippen molar-refractivity contribution >= 4 is 40.6 Å². The number of carbonyl (C=O) groups excluding carboxylic acids is 3. The molecule has 3 rings (SSSR count). The van der Waals surface area contributed by atoms with Crippen LogP contribution in [0.4, 0.5) is 0 Å². The zero-order chi connectivity index (χ0) is 18.5. The minimum absolute atomic E-state index is 0.0116. The van der Waals surface area contributed by atoms with Crippen molar-refractivity contribution in [2.24, 2.45) is 0 Å². The molecule has 0 saturated carbocycles. The van der Waals surface area contributed by atoms with Crippen LogP contribution in [0.1, 0.15) is 17.5 Å². The van der Waals surface area contributed by atoms with Crippen molar-refractivity contribution in [2.75, 3.05) is 25.5 Å². The largest absolute Gasteiger partial charge is 0.463 e. The first kappa shape index (κ1) is 18.1. The van der Waals surface area contributed by atoms with Crippen LogP contribution in [0.5, 0.6) is 0 Å². The number of ether oxygens (including phenoxy) is 2. The fourth-order valence-corrected chi connectivity index (χ4v) is 3.39. The summed E-state index contributed by atoms with van der Waals surface area (Å²) in [5, 5.41) is 1.30. The van der Waals surface area contributed by atoms with Crippen LogP contribution in [-0.4, -0.2) is 48.3 Å². The summed E-state index contributed by atoms with van der Waals surface area (Å²) in [5.74, 6) is -0.908. The maximum Gasteiger partial charge on any atom is 0.374 e. The Morgan fingerprint density at radius 3 is 2.88 bits per heavy atom. The Kier molecular flexibility index (Phi) is 5.62. The highest BCUT2D eigenvalue weighted by Crippen LogP contribution is 2.28. The summed E-state index contributed by atoms with van der Waals surface area (Å²) in [7, 11) is 0. The fourth-order valence-electron chi connectivity index (χ4n) is 2.44. The van der Waals surface area contributed by atoms with Gasteiger partial charge in [0.15, 0.2) is 0 Å². The monoisotopic (exact) mass is 375 g/mol. The van der Waals surface area contributed by atoms with Crippen molar-refractivity contribution in [3.8, 4) is 0 Å². The first-order valence-electron chi connectivity index (χ1n) is 8.06. The summed E-state index contributed by atoms with van der Waals surface area (Å²) < 4.78 is 15.5. The molecule has 1 aliphatic heterocycles. The number of furan rings is 1. The fraction of sp³-hybridized carbons (Fsp3) is 0.278. The Balaban J connectivity index is 1.58. The van der Waals surface area contributed by atoms with Crippen LogP contribution in [0.2, 0.25) is 0 Å². The van der Waals surface area contributed by atoms with Crippen molar-refractivity contribution < 1.29 is 28.3 Å². The molecule has 2 aromatic rings. The van der Waals surface area contributed by atoms with E-state index in [1.54, 1.807) is 19.1 Å². The number of hydrogen-bond acceptors (Lipinski definition) is 7. The molecule has 1 amide bonds. The average molecular weight is 375 g/mol. The molecule has 8 heteroatoms. The zero-order valence-corrected chi connectivity index (χ0v) is 14.9. The third-order valence-corrected chi connectivity index (χ3v) is 4.64. The van der Waals surface area contributed by atoms with E-state index in [0.717, 1.165) is 5.39 Å². The number of fused-ring (bicyclic) bond motifs is 1. The summed E-state index contributed by atoms with van der Waals surface area (Å²) >= 11 is 1.25. The molecular weight excluding hydrogens is 358 g/mol. The van der Waals surface area contributed by atoms with Gasteiger partial charge in [-0.15, -0.1) is 0 Å². The van der Waals surface area contributed by atoms with Crippen LogP contribution in [0.15, 0.2) is 45.9 Å². The maximum absolute atomic E-state index is 12.1. The summed E-state index contributed by atoms with van der Waals surface area (Å²) in [6.45, 7) is 2.11. The minimum atomic E-state index is -0.601. The first-order chi connectivity index (χ1) is 12.6. The van der Waals surface area contributed by atoms with Gasteiger partial charge in [0.05, 0.1) is 30.0 Å². The number of benzene rings is 1. The molecule has 2 heterocycles. The molecule has 0 aliphatic carbocycles. The van der Waals surface area contributed by atoms with Gasteiger partial charge in [0, 0.05) is 5.39 Å². The second-order valence-corrected chi connectivity index (χ2v) is 6.35. The van der Waals surface area contributed by atoms with E-state index in [1.807, 2.05) is 18.2 Å². The lowest BCUT2D eigenvalue weighted by Gasteiger charge is -2.16. The second kappa shape index (κ2) is 8.09. The van der Waals surface area contributed by atoms with Gasteiger partial charge in [-0.1, -0.05) is 30.0 Å². The molecule has 0 N–H and O–H groups in total. The maximum atomic E-state index is 12.1. The number of esters is 2. The van der Waals surface area contributed by atoms with Crippen LogP contribution in [0, 0.1) is 0 Å². The minimum Gasteiger partial charge on any atom is -0.463 e. The van der Waals surface area contributed by atoms with Gasteiger partial charge in [0.2, 0.25) is 11.7 Å². The Labute approximate surface area is 153 Å². The van der Waals surface area contributed by atoms with E-state index in [9.17, 15) is 14.4 Å². The smallest absolute Gasteiger partial charge is 0.374 e. The van der Waals surface area contributed by atoms with E-state index in [4.69, 9.17) is 13.9 Å². The molecule has 0 radical (unpaired) electrons. The van der Waals surface area contributed by atoms with Gasteiger partial charge < -0.3 is 18.8 Å². The van der Waals surface area contributed by atoms with Gasteiger partial charge in [-0.25, -0.2) is 9.59 Å². The van der Waals surface area contributed by atoms with Crippen molar-refractivity contribution in [1.29, 1.82) is 0 Å². The Morgan fingerprint density at radius 1 is 1.31 bits per heavy atom. The highest BCUT2D eigenvalue weighted by Gasteiger charge is 2.27. The summed E-state index contributed by atoms with van der Waals surface area (Å²) in [5.41, 5.74) is 0.602.